The van der Waals surface area contributed by atoms with Crippen LogP contribution in [-0.4, -0.2) is 15.0 Å². The summed E-state index contributed by atoms with van der Waals surface area (Å²) in [4.78, 5) is 35.2. The van der Waals surface area contributed by atoms with E-state index in [0.717, 1.165) is 10.1 Å². The molecule has 1 N–H and O–H groups in total. The van der Waals surface area contributed by atoms with Crippen molar-refractivity contribution >= 4 is 17.5 Å². The van der Waals surface area contributed by atoms with Gasteiger partial charge in [0.25, 0.3) is 5.56 Å². The second-order valence-electron chi connectivity index (χ2n) is 4.93. The van der Waals surface area contributed by atoms with Crippen LogP contribution >= 0.6 is 11.6 Å². The smallest absolute Gasteiger partial charge is 0.331 e. The van der Waals surface area contributed by atoms with Crippen LogP contribution in [0.5, 0.6) is 0 Å². The first-order chi connectivity index (χ1) is 10.4. The van der Waals surface area contributed by atoms with Crippen LogP contribution in [0, 0.1) is 0 Å². The van der Waals surface area contributed by atoms with Gasteiger partial charge in [0.05, 0.1) is 6.04 Å². The predicted molar refractivity (Wildman–Crippen MR) is 84.0 cm³/mol. The Kier molecular flexibility index (Phi) is 4.82. The van der Waals surface area contributed by atoms with Crippen molar-refractivity contribution in [3.05, 3.63) is 68.0 Å². The minimum atomic E-state index is -0.534. The lowest BCUT2D eigenvalue weighted by atomic mass is 10.1. The van der Waals surface area contributed by atoms with Gasteiger partial charge in [0.2, 0.25) is 5.91 Å². The monoisotopic (exact) mass is 321 g/mol. The van der Waals surface area contributed by atoms with Crippen molar-refractivity contribution in [2.45, 2.75) is 19.5 Å². The fraction of sp³-hybridized carbons (Fsp3) is 0.267. The van der Waals surface area contributed by atoms with Gasteiger partial charge < -0.3 is 5.32 Å². The van der Waals surface area contributed by atoms with Gasteiger partial charge in [-0.1, -0.05) is 29.8 Å². The Bertz CT molecular complexity index is 810. The summed E-state index contributed by atoms with van der Waals surface area (Å²) >= 11 is 6.08. The number of amides is 1. The second kappa shape index (κ2) is 6.62. The molecule has 0 aliphatic heterocycles. The molecule has 2 aromatic rings. The summed E-state index contributed by atoms with van der Waals surface area (Å²) in [6.07, 6.45) is 1.31. The van der Waals surface area contributed by atoms with Gasteiger partial charge in [0, 0.05) is 24.3 Å². The third-order valence-corrected chi connectivity index (χ3v) is 3.67. The molecule has 1 atom stereocenters. The topological polar surface area (TPSA) is 73.1 Å². The molecule has 0 aliphatic rings. The first-order valence-electron chi connectivity index (χ1n) is 6.70. The maximum absolute atomic E-state index is 12.1. The Balaban J connectivity index is 2.11. The van der Waals surface area contributed by atoms with E-state index in [9.17, 15) is 14.4 Å². The average molecular weight is 322 g/mol. The van der Waals surface area contributed by atoms with Crippen molar-refractivity contribution in [1.29, 1.82) is 0 Å². The quantitative estimate of drug-likeness (QED) is 0.915. The minimum absolute atomic E-state index is 0.165. The highest BCUT2D eigenvalue weighted by molar-refractivity contribution is 6.31. The van der Waals surface area contributed by atoms with Crippen molar-refractivity contribution in [2.24, 2.45) is 7.05 Å². The number of rotatable bonds is 4. The number of halogens is 1. The van der Waals surface area contributed by atoms with Crippen molar-refractivity contribution in [2.75, 3.05) is 0 Å². The van der Waals surface area contributed by atoms with Crippen LogP contribution in [0.2, 0.25) is 5.02 Å². The van der Waals surface area contributed by atoms with Crippen LogP contribution in [0.25, 0.3) is 0 Å². The molecule has 0 spiro atoms. The molecule has 22 heavy (non-hydrogen) atoms. The molecule has 0 fully saturated rings. The van der Waals surface area contributed by atoms with Crippen molar-refractivity contribution in [3.8, 4) is 0 Å². The molecule has 1 amide bonds. The van der Waals surface area contributed by atoms with E-state index in [1.165, 1.54) is 23.9 Å². The van der Waals surface area contributed by atoms with Gasteiger partial charge in [0.1, 0.15) is 6.54 Å². The molecule has 7 heteroatoms. The molecule has 1 aromatic heterocycles. The van der Waals surface area contributed by atoms with Crippen molar-refractivity contribution < 1.29 is 4.79 Å². The third kappa shape index (κ3) is 3.46. The van der Waals surface area contributed by atoms with E-state index < -0.39 is 11.2 Å². The zero-order chi connectivity index (χ0) is 16.3. The third-order valence-electron chi connectivity index (χ3n) is 3.32. The van der Waals surface area contributed by atoms with E-state index in [4.69, 9.17) is 11.6 Å². The van der Waals surface area contributed by atoms with E-state index in [2.05, 4.69) is 5.32 Å². The molecule has 1 aromatic carbocycles. The minimum Gasteiger partial charge on any atom is -0.348 e. The summed E-state index contributed by atoms with van der Waals surface area (Å²) in [6.45, 7) is 1.64. The van der Waals surface area contributed by atoms with Crippen LogP contribution in [-0.2, 0) is 18.4 Å². The number of nitrogens with zero attached hydrogens (tertiary/aromatic N) is 2. The highest BCUT2D eigenvalue weighted by atomic mass is 35.5. The highest BCUT2D eigenvalue weighted by Crippen LogP contribution is 2.21. The molecular formula is C15H16ClN3O3. The number of nitrogens with one attached hydrogen (secondary N) is 1. The van der Waals surface area contributed by atoms with Gasteiger partial charge in [-0.15, -0.1) is 0 Å². The van der Waals surface area contributed by atoms with E-state index in [1.54, 1.807) is 6.07 Å². The summed E-state index contributed by atoms with van der Waals surface area (Å²) < 4.78 is 2.13. The van der Waals surface area contributed by atoms with Crippen molar-refractivity contribution in [1.82, 2.24) is 14.5 Å². The molecule has 2 rings (SSSR count). The molecular weight excluding hydrogens is 306 g/mol. The fourth-order valence-electron chi connectivity index (χ4n) is 2.08. The zero-order valence-corrected chi connectivity index (χ0v) is 13.0. The van der Waals surface area contributed by atoms with Gasteiger partial charge in [-0.3, -0.25) is 18.7 Å². The lowest BCUT2D eigenvalue weighted by Gasteiger charge is -2.16. The van der Waals surface area contributed by atoms with Gasteiger partial charge >= 0.3 is 5.69 Å². The van der Waals surface area contributed by atoms with Gasteiger partial charge in [-0.05, 0) is 18.6 Å². The number of aromatic nitrogens is 2. The fourth-order valence-corrected chi connectivity index (χ4v) is 2.38. The van der Waals surface area contributed by atoms with Crippen LogP contribution in [0.15, 0.2) is 46.1 Å². The first kappa shape index (κ1) is 16.0. The molecule has 1 heterocycles. The Hall–Kier alpha value is -2.34. The van der Waals surface area contributed by atoms with Crippen LogP contribution in [0.3, 0.4) is 0 Å². The largest absolute Gasteiger partial charge is 0.348 e. The SMILES string of the molecule is C[C@@H](NC(=O)Cn1ccc(=O)n(C)c1=O)c1ccccc1Cl. The maximum Gasteiger partial charge on any atom is 0.331 e. The molecule has 0 aliphatic carbocycles. The predicted octanol–water partition coefficient (Wildman–Crippen LogP) is 1.08. The Morgan fingerprint density at radius 2 is 1.95 bits per heavy atom. The Morgan fingerprint density at radius 3 is 2.64 bits per heavy atom. The number of hydrogen-bond donors (Lipinski definition) is 1. The molecule has 0 saturated carbocycles. The normalized spacial score (nSPS) is 12.0. The molecule has 116 valence electrons. The van der Waals surface area contributed by atoms with Crippen LogP contribution < -0.4 is 16.6 Å². The van der Waals surface area contributed by atoms with Gasteiger partial charge in [-0.2, -0.15) is 0 Å². The standard InChI is InChI=1S/C15H16ClN3O3/c1-10(11-5-3-4-6-12(11)16)17-13(20)9-19-8-7-14(21)18(2)15(19)22/h3-8,10H,9H2,1-2H3,(H,17,20)/t10-/m1/s1. The highest BCUT2D eigenvalue weighted by Gasteiger charge is 2.13. The van der Waals surface area contributed by atoms with Gasteiger partial charge in [0.15, 0.2) is 0 Å². The lowest BCUT2D eigenvalue weighted by molar-refractivity contribution is -0.122. The van der Waals surface area contributed by atoms with E-state index >= 15 is 0 Å². The van der Waals surface area contributed by atoms with Gasteiger partial charge in [-0.25, -0.2) is 4.79 Å². The van der Waals surface area contributed by atoms with E-state index in [1.807, 2.05) is 25.1 Å². The summed E-state index contributed by atoms with van der Waals surface area (Å²) in [5.74, 6) is -0.340. The maximum atomic E-state index is 12.1. The molecule has 0 bridgehead atoms. The second-order valence-corrected chi connectivity index (χ2v) is 5.34. The summed E-state index contributed by atoms with van der Waals surface area (Å²) in [5.41, 5.74) is -0.149. The lowest BCUT2D eigenvalue weighted by Crippen LogP contribution is -2.40. The number of benzene rings is 1. The summed E-state index contributed by atoms with van der Waals surface area (Å²) in [7, 11) is 1.37. The molecule has 6 nitrogen and oxygen atoms in total. The van der Waals surface area contributed by atoms with E-state index in [-0.39, 0.29) is 18.5 Å². The first-order valence-corrected chi connectivity index (χ1v) is 7.08. The molecule has 0 unspecified atom stereocenters. The number of carbonyl (C=O) groups is 1. The molecule has 0 radical (unpaired) electrons. The zero-order valence-electron chi connectivity index (χ0n) is 12.2. The van der Waals surface area contributed by atoms with Crippen LogP contribution in [0.4, 0.5) is 0 Å². The van der Waals surface area contributed by atoms with E-state index in [0.29, 0.717) is 5.02 Å². The summed E-state index contributed by atoms with van der Waals surface area (Å²) in [6, 6.07) is 8.17. The Labute approximate surface area is 132 Å². The number of carbonyl (C=O) groups excluding carboxylic acids is 1. The van der Waals surface area contributed by atoms with Crippen LogP contribution in [0.1, 0.15) is 18.5 Å². The molecule has 0 saturated heterocycles. The Morgan fingerprint density at radius 1 is 1.27 bits per heavy atom. The average Bonchev–Trinajstić information content (AvgIpc) is 2.48. The summed E-state index contributed by atoms with van der Waals surface area (Å²) in [5, 5.41) is 3.34. The number of hydrogen-bond acceptors (Lipinski definition) is 3. The van der Waals surface area contributed by atoms with Crippen molar-refractivity contribution in [3.63, 3.8) is 0 Å².